The van der Waals surface area contributed by atoms with Crippen LogP contribution in [0.25, 0.3) is 0 Å². The average Bonchev–Trinajstić information content (AvgIpc) is 2.63. The van der Waals surface area contributed by atoms with E-state index in [1.54, 1.807) is 13.0 Å². The lowest BCUT2D eigenvalue weighted by Crippen LogP contribution is -2.12. The molecule has 0 atom stereocenters. The summed E-state index contributed by atoms with van der Waals surface area (Å²) in [4.78, 5) is 12.1. The van der Waals surface area contributed by atoms with Gasteiger partial charge in [0.15, 0.2) is 0 Å². The monoisotopic (exact) mass is 307 g/mol. The Hall–Kier alpha value is -1.55. The molecular weight excluding hydrogens is 294 g/mol. The van der Waals surface area contributed by atoms with Crippen molar-refractivity contribution in [2.24, 2.45) is 0 Å². The molecule has 0 saturated carbocycles. The molecule has 0 aliphatic heterocycles. The largest absolute Gasteiger partial charge is 0.466 e. The van der Waals surface area contributed by atoms with Crippen molar-refractivity contribution >= 4 is 27.5 Å². The molecule has 0 spiro atoms. The van der Waals surface area contributed by atoms with Crippen LogP contribution >= 0.6 is 15.9 Å². The Bertz CT molecular complexity index is 602. The molecule has 2 rings (SSSR count). The molecule has 0 fully saturated rings. The number of anilines is 1. The molecule has 1 aromatic carbocycles. The second-order valence-electron chi connectivity index (χ2n) is 4.24. The molecule has 3 nitrogen and oxygen atoms in total. The number of amides is 1. The predicted molar refractivity (Wildman–Crippen MR) is 75.0 cm³/mol. The van der Waals surface area contributed by atoms with Crippen LogP contribution in [0.5, 0.6) is 0 Å². The van der Waals surface area contributed by atoms with Gasteiger partial charge < -0.3 is 9.73 Å². The maximum Gasteiger partial charge on any atom is 0.259 e. The molecule has 1 aromatic heterocycles. The third-order valence-electron chi connectivity index (χ3n) is 2.72. The zero-order valence-corrected chi connectivity index (χ0v) is 12.1. The van der Waals surface area contributed by atoms with Crippen molar-refractivity contribution in [1.29, 1.82) is 0 Å². The van der Waals surface area contributed by atoms with Crippen molar-refractivity contribution in [3.63, 3.8) is 0 Å². The lowest BCUT2D eigenvalue weighted by Gasteiger charge is -2.06. The fourth-order valence-electron chi connectivity index (χ4n) is 1.73. The van der Waals surface area contributed by atoms with E-state index in [1.165, 1.54) is 0 Å². The van der Waals surface area contributed by atoms with Gasteiger partial charge in [-0.3, -0.25) is 4.79 Å². The number of furan rings is 1. The molecule has 1 amide bonds. The first-order valence-corrected chi connectivity index (χ1v) is 6.41. The van der Waals surface area contributed by atoms with E-state index in [1.807, 2.05) is 32.0 Å². The zero-order valence-electron chi connectivity index (χ0n) is 10.5. The van der Waals surface area contributed by atoms with E-state index in [0.717, 1.165) is 21.5 Å². The van der Waals surface area contributed by atoms with E-state index in [-0.39, 0.29) is 5.91 Å². The number of nitrogens with one attached hydrogen (secondary N) is 1. The molecule has 1 N–H and O–H groups in total. The number of hydrogen-bond acceptors (Lipinski definition) is 2. The topological polar surface area (TPSA) is 42.2 Å². The van der Waals surface area contributed by atoms with Gasteiger partial charge in [0, 0.05) is 10.2 Å². The highest BCUT2D eigenvalue weighted by Gasteiger charge is 2.13. The van der Waals surface area contributed by atoms with Gasteiger partial charge in [-0.1, -0.05) is 22.0 Å². The van der Waals surface area contributed by atoms with Crippen LogP contribution < -0.4 is 5.32 Å². The fourth-order valence-corrected chi connectivity index (χ4v) is 2.10. The third-order valence-corrected chi connectivity index (χ3v) is 3.57. The van der Waals surface area contributed by atoms with Crippen LogP contribution in [0, 0.1) is 20.8 Å². The quantitative estimate of drug-likeness (QED) is 0.902. The van der Waals surface area contributed by atoms with E-state index >= 15 is 0 Å². The second kappa shape index (κ2) is 4.98. The Morgan fingerprint density at radius 3 is 2.50 bits per heavy atom. The summed E-state index contributed by atoms with van der Waals surface area (Å²) in [6.07, 6.45) is 0. The van der Waals surface area contributed by atoms with Gasteiger partial charge in [-0.05, 0) is 44.5 Å². The Balaban J connectivity index is 2.21. The van der Waals surface area contributed by atoms with Crippen LogP contribution in [0.4, 0.5) is 5.69 Å². The van der Waals surface area contributed by atoms with Crippen LogP contribution in [-0.4, -0.2) is 5.91 Å². The molecule has 94 valence electrons. The lowest BCUT2D eigenvalue weighted by atomic mass is 10.2. The number of halogens is 1. The van der Waals surface area contributed by atoms with E-state index in [2.05, 4.69) is 21.2 Å². The van der Waals surface area contributed by atoms with Crippen LogP contribution in [0.1, 0.15) is 27.4 Å². The van der Waals surface area contributed by atoms with E-state index in [0.29, 0.717) is 11.3 Å². The number of carbonyl (C=O) groups is 1. The van der Waals surface area contributed by atoms with Crippen LogP contribution in [0.15, 0.2) is 33.2 Å². The molecule has 0 bridgehead atoms. The Morgan fingerprint density at radius 1 is 1.22 bits per heavy atom. The van der Waals surface area contributed by atoms with Gasteiger partial charge in [0.25, 0.3) is 5.91 Å². The fraction of sp³-hybridized carbons (Fsp3) is 0.214. The predicted octanol–water partition coefficient (Wildman–Crippen LogP) is 4.22. The van der Waals surface area contributed by atoms with Gasteiger partial charge in [0.2, 0.25) is 0 Å². The van der Waals surface area contributed by atoms with Gasteiger partial charge in [-0.25, -0.2) is 0 Å². The molecule has 0 aliphatic carbocycles. The molecule has 0 radical (unpaired) electrons. The smallest absolute Gasteiger partial charge is 0.259 e. The van der Waals surface area contributed by atoms with E-state index in [4.69, 9.17) is 4.42 Å². The summed E-state index contributed by atoms with van der Waals surface area (Å²) in [5.74, 6) is 1.22. The first-order chi connectivity index (χ1) is 8.47. The van der Waals surface area contributed by atoms with Gasteiger partial charge in [-0.15, -0.1) is 0 Å². The van der Waals surface area contributed by atoms with Crippen molar-refractivity contribution in [1.82, 2.24) is 0 Å². The highest BCUT2D eigenvalue weighted by Crippen LogP contribution is 2.22. The number of carbonyl (C=O) groups excluding carboxylic acids is 1. The lowest BCUT2D eigenvalue weighted by molar-refractivity contribution is 0.102. The molecule has 2 aromatic rings. The molecule has 18 heavy (non-hydrogen) atoms. The normalized spacial score (nSPS) is 10.4. The molecule has 4 heteroatoms. The van der Waals surface area contributed by atoms with Crippen LogP contribution in [0.2, 0.25) is 0 Å². The minimum Gasteiger partial charge on any atom is -0.466 e. The first kappa shape index (κ1) is 12.9. The maximum absolute atomic E-state index is 12.1. The summed E-state index contributed by atoms with van der Waals surface area (Å²) >= 11 is 3.44. The summed E-state index contributed by atoms with van der Waals surface area (Å²) < 4.78 is 6.32. The van der Waals surface area contributed by atoms with Crippen LogP contribution in [-0.2, 0) is 0 Å². The summed E-state index contributed by atoms with van der Waals surface area (Å²) in [6.45, 7) is 5.61. The van der Waals surface area contributed by atoms with Gasteiger partial charge in [0.05, 0.1) is 5.56 Å². The summed E-state index contributed by atoms with van der Waals surface area (Å²) in [6, 6.07) is 7.46. The minimum atomic E-state index is -0.153. The van der Waals surface area contributed by atoms with Crippen molar-refractivity contribution in [3.05, 3.63) is 51.4 Å². The Labute approximate surface area is 114 Å². The van der Waals surface area contributed by atoms with Gasteiger partial charge in [-0.2, -0.15) is 0 Å². The number of benzene rings is 1. The minimum absolute atomic E-state index is 0.153. The molecule has 0 saturated heterocycles. The highest BCUT2D eigenvalue weighted by molar-refractivity contribution is 9.10. The molecular formula is C14H14BrNO2. The SMILES string of the molecule is Cc1cc(C(=O)Nc2ccc(C)c(Br)c2)c(C)o1. The Kier molecular flexibility index (Phi) is 3.57. The number of aryl methyl sites for hydroxylation is 3. The third kappa shape index (κ3) is 2.64. The number of rotatable bonds is 2. The molecule has 0 aliphatic rings. The van der Waals surface area contributed by atoms with E-state index < -0.39 is 0 Å². The molecule has 0 unspecified atom stereocenters. The van der Waals surface area contributed by atoms with Crippen molar-refractivity contribution in [2.45, 2.75) is 20.8 Å². The van der Waals surface area contributed by atoms with Crippen molar-refractivity contribution in [2.75, 3.05) is 5.32 Å². The average molecular weight is 308 g/mol. The van der Waals surface area contributed by atoms with Crippen LogP contribution in [0.3, 0.4) is 0 Å². The number of hydrogen-bond donors (Lipinski definition) is 1. The maximum atomic E-state index is 12.1. The van der Waals surface area contributed by atoms with Crippen molar-refractivity contribution < 1.29 is 9.21 Å². The summed E-state index contributed by atoms with van der Waals surface area (Å²) in [5.41, 5.74) is 2.46. The second-order valence-corrected chi connectivity index (χ2v) is 5.10. The standard InChI is InChI=1S/C14H14BrNO2/c1-8-4-5-11(7-13(8)15)16-14(17)12-6-9(2)18-10(12)3/h4-7H,1-3H3,(H,16,17). The van der Waals surface area contributed by atoms with Gasteiger partial charge >= 0.3 is 0 Å². The van der Waals surface area contributed by atoms with E-state index in [9.17, 15) is 4.79 Å². The Morgan fingerprint density at radius 2 is 1.94 bits per heavy atom. The summed E-state index contributed by atoms with van der Waals surface area (Å²) in [7, 11) is 0. The zero-order chi connectivity index (χ0) is 13.3. The highest BCUT2D eigenvalue weighted by atomic mass is 79.9. The molecule has 1 heterocycles. The summed E-state index contributed by atoms with van der Waals surface area (Å²) in [5, 5.41) is 2.85. The van der Waals surface area contributed by atoms with Gasteiger partial charge in [0.1, 0.15) is 11.5 Å². The van der Waals surface area contributed by atoms with Crippen molar-refractivity contribution in [3.8, 4) is 0 Å². The first-order valence-electron chi connectivity index (χ1n) is 5.62.